The molecule has 10 heteroatoms. The van der Waals surface area contributed by atoms with Gasteiger partial charge >= 0.3 is 0 Å². The van der Waals surface area contributed by atoms with E-state index in [0.717, 1.165) is 9.26 Å². The molecule has 0 aliphatic carbocycles. The zero-order chi connectivity index (χ0) is 22.0. The van der Waals surface area contributed by atoms with Crippen molar-refractivity contribution in [1.82, 2.24) is 14.8 Å². The van der Waals surface area contributed by atoms with Crippen LogP contribution in [0.15, 0.2) is 53.7 Å². The van der Waals surface area contributed by atoms with Crippen LogP contribution in [-0.2, 0) is 16.6 Å². The number of anilines is 2. The lowest BCUT2D eigenvalue weighted by molar-refractivity contribution is -0.121. The van der Waals surface area contributed by atoms with Gasteiger partial charge in [0.15, 0.2) is 17.6 Å². The fraction of sp³-hybridized carbons (Fsp3) is 0.238. The zero-order valence-corrected chi connectivity index (χ0v) is 19.9. The number of ether oxygens (including phenoxy) is 1. The summed E-state index contributed by atoms with van der Waals surface area (Å²) in [6.45, 7) is 1.89. The average molecular weight is 549 g/mol. The Morgan fingerprint density at radius 2 is 1.97 bits per heavy atom. The molecule has 0 spiro atoms. The van der Waals surface area contributed by atoms with Crippen LogP contribution in [0.1, 0.15) is 18.8 Å². The van der Waals surface area contributed by atoms with E-state index in [-0.39, 0.29) is 30.2 Å². The Bertz CT molecular complexity index is 1120. The van der Waals surface area contributed by atoms with E-state index in [1.165, 1.54) is 11.8 Å². The van der Waals surface area contributed by atoms with Gasteiger partial charge in [0.05, 0.1) is 17.5 Å². The normalized spacial score (nSPS) is 14.0. The van der Waals surface area contributed by atoms with Crippen molar-refractivity contribution in [2.75, 3.05) is 22.6 Å². The van der Waals surface area contributed by atoms with E-state index in [1.807, 2.05) is 67.1 Å². The number of thioether (sulfide) groups is 1. The molecule has 1 aliphatic rings. The summed E-state index contributed by atoms with van der Waals surface area (Å²) in [4.78, 5) is 26.6. The molecule has 1 atom stereocenters. The van der Waals surface area contributed by atoms with Crippen molar-refractivity contribution in [2.24, 2.45) is 7.05 Å². The van der Waals surface area contributed by atoms with Gasteiger partial charge in [-0.2, -0.15) is 0 Å². The van der Waals surface area contributed by atoms with Gasteiger partial charge in [0.25, 0.3) is 5.91 Å². The highest BCUT2D eigenvalue weighted by molar-refractivity contribution is 14.1. The van der Waals surface area contributed by atoms with Gasteiger partial charge in [-0.25, -0.2) is 0 Å². The van der Waals surface area contributed by atoms with Crippen LogP contribution in [-0.4, -0.2) is 38.9 Å². The van der Waals surface area contributed by atoms with Crippen molar-refractivity contribution in [2.45, 2.75) is 18.1 Å². The summed E-state index contributed by atoms with van der Waals surface area (Å²) in [5.41, 5.74) is 1.46. The molecule has 31 heavy (non-hydrogen) atoms. The molecule has 0 fully saturated rings. The van der Waals surface area contributed by atoms with E-state index >= 15 is 0 Å². The predicted molar refractivity (Wildman–Crippen MR) is 127 cm³/mol. The lowest BCUT2D eigenvalue weighted by Gasteiger charge is -2.33. The number of carbonyl (C=O) groups excluding carboxylic acids is 2. The van der Waals surface area contributed by atoms with Crippen molar-refractivity contribution < 1.29 is 14.3 Å². The summed E-state index contributed by atoms with van der Waals surface area (Å²) in [6, 6.07) is 14.7. The summed E-state index contributed by atoms with van der Waals surface area (Å²) < 4.78 is 8.45. The molecule has 0 radical (unpaired) electrons. The minimum Gasteiger partial charge on any atom is -0.482 e. The molecule has 0 unspecified atom stereocenters. The Hall–Kier alpha value is -2.60. The molecule has 2 amide bonds. The van der Waals surface area contributed by atoms with E-state index in [0.29, 0.717) is 22.4 Å². The first-order chi connectivity index (χ1) is 14.9. The lowest BCUT2D eigenvalue weighted by Crippen LogP contribution is -2.41. The van der Waals surface area contributed by atoms with E-state index in [4.69, 9.17) is 4.74 Å². The number of hydrogen-bond acceptors (Lipinski definition) is 6. The third kappa shape index (κ3) is 4.69. The standard InChI is InChI=1S/C21H20IN5O3S/c1-13(27-16-5-3-4-6-17(16)30-11-19(27)29)20-24-25-21(26(20)2)31-12-18(28)23-15-9-7-14(22)8-10-15/h3-10,13H,11-12H2,1-2H3,(H,23,28)/t13-/m0/s1. The summed E-state index contributed by atoms with van der Waals surface area (Å²) in [7, 11) is 1.84. The van der Waals surface area contributed by atoms with Crippen molar-refractivity contribution in [3.63, 3.8) is 0 Å². The predicted octanol–water partition coefficient (Wildman–Crippen LogP) is 3.64. The van der Waals surface area contributed by atoms with Crippen LogP contribution in [0.2, 0.25) is 0 Å². The van der Waals surface area contributed by atoms with Crippen molar-refractivity contribution in [1.29, 1.82) is 0 Å². The monoisotopic (exact) mass is 549 g/mol. The van der Waals surface area contributed by atoms with Crippen LogP contribution < -0.4 is 15.0 Å². The van der Waals surface area contributed by atoms with Gasteiger partial charge in [-0.05, 0) is 65.9 Å². The number of aromatic nitrogens is 3. The first-order valence-corrected chi connectivity index (χ1v) is 11.6. The second-order valence-electron chi connectivity index (χ2n) is 6.94. The molecule has 1 aromatic heterocycles. The number of halogens is 1. The Balaban J connectivity index is 1.45. The second kappa shape index (κ2) is 9.27. The van der Waals surface area contributed by atoms with Crippen LogP contribution in [0.5, 0.6) is 5.75 Å². The van der Waals surface area contributed by atoms with E-state index in [9.17, 15) is 9.59 Å². The van der Waals surface area contributed by atoms with Crippen LogP contribution in [0.4, 0.5) is 11.4 Å². The Morgan fingerprint density at radius 1 is 1.23 bits per heavy atom. The number of para-hydroxylation sites is 2. The van der Waals surface area contributed by atoms with Crippen LogP contribution in [0, 0.1) is 3.57 Å². The second-order valence-corrected chi connectivity index (χ2v) is 9.13. The molecule has 2 aromatic carbocycles. The number of nitrogens with one attached hydrogen (secondary N) is 1. The maximum absolute atomic E-state index is 12.6. The number of rotatable bonds is 6. The summed E-state index contributed by atoms with van der Waals surface area (Å²) in [6.07, 6.45) is 0. The van der Waals surface area contributed by atoms with Crippen molar-refractivity contribution >= 4 is 57.5 Å². The minimum absolute atomic E-state index is 0.0144. The fourth-order valence-electron chi connectivity index (χ4n) is 3.34. The van der Waals surface area contributed by atoms with Gasteiger partial charge < -0.3 is 14.6 Å². The topological polar surface area (TPSA) is 89.4 Å². The van der Waals surface area contributed by atoms with Crippen molar-refractivity contribution in [3.8, 4) is 5.75 Å². The van der Waals surface area contributed by atoms with Crippen LogP contribution >= 0.6 is 34.4 Å². The quantitative estimate of drug-likeness (QED) is 0.373. The van der Waals surface area contributed by atoms with Gasteiger partial charge in [0, 0.05) is 16.3 Å². The first-order valence-electron chi connectivity index (χ1n) is 9.55. The lowest BCUT2D eigenvalue weighted by atomic mass is 10.1. The fourth-order valence-corrected chi connectivity index (χ4v) is 4.42. The third-order valence-corrected chi connectivity index (χ3v) is 6.57. The molecule has 8 nitrogen and oxygen atoms in total. The number of benzene rings is 2. The molecule has 0 saturated heterocycles. The number of fused-ring (bicyclic) bond motifs is 1. The minimum atomic E-state index is -0.343. The number of nitrogens with zero attached hydrogens (tertiary/aromatic N) is 4. The molecule has 1 N–H and O–H groups in total. The Kier molecular flexibility index (Phi) is 6.46. The summed E-state index contributed by atoms with van der Waals surface area (Å²) in [5.74, 6) is 1.23. The zero-order valence-electron chi connectivity index (χ0n) is 16.9. The van der Waals surface area contributed by atoms with Gasteiger partial charge in [-0.15, -0.1) is 10.2 Å². The molecular weight excluding hydrogens is 529 g/mol. The Morgan fingerprint density at radius 3 is 2.74 bits per heavy atom. The van der Waals surface area contributed by atoms with Crippen LogP contribution in [0.25, 0.3) is 0 Å². The number of hydrogen-bond donors (Lipinski definition) is 1. The summed E-state index contributed by atoms with van der Waals surface area (Å²) in [5, 5.41) is 12.0. The van der Waals surface area contributed by atoms with E-state index < -0.39 is 0 Å². The number of carbonyl (C=O) groups is 2. The molecule has 0 bridgehead atoms. The van der Waals surface area contributed by atoms with E-state index in [1.54, 1.807) is 4.90 Å². The molecule has 0 saturated carbocycles. The summed E-state index contributed by atoms with van der Waals surface area (Å²) >= 11 is 3.51. The molecule has 4 rings (SSSR count). The first kappa shape index (κ1) is 21.6. The van der Waals surface area contributed by atoms with Crippen molar-refractivity contribution in [3.05, 3.63) is 57.9 Å². The van der Waals surface area contributed by atoms with E-state index in [2.05, 4.69) is 38.1 Å². The third-order valence-electron chi connectivity index (χ3n) is 4.83. The molecule has 2 heterocycles. The van der Waals surface area contributed by atoms with Crippen LogP contribution in [0.3, 0.4) is 0 Å². The maximum Gasteiger partial charge on any atom is 0.265 e. The average Bonchev–Trinajstić information content (AvgIpc) is 3.14. The van der Waals surface area contributed by atoms with Gasteiger partial charge in [0.1, 0.15) is 5.75 Å². The SMILES string of the molecule is C[C@@H](c1nnc(SCC(=O)Nc2ccc(I)cc2)n1C)N1C(=O)COc2ccccc21. The largest absolute Gasteiger partial charge is 0.482 e. The smallest absolute Gasteiger partial charge is 0.265 e. The van der Waals surface area contributed by atoms with Gasteiger partial charge in [-0.1, -0.05) is 23.9 Å². The number of amides is 2. The highest BCUT2D eigenvalue weighted by Crippen LogP contribution is 2.37. The van der Waals surface area contributed by atoms with Gasteiger partial charge in [0.2, 0.25) is 5.91 Å². The Labute approximate surface area is 197 Å². The highest BCUT2D eigenvalue weighted by Gasteiger charge is 2.32. The molecule has 3 aromatic rings. The molecule has 160 valence electrons. The van der Waals surface area contributed by atoms with Gasteiger partial charge in [-0.3, -0.25) is 14.5 Å². The molecule has 1 aliphatic heterocycles. The molecular formula is C21H20IN5O3S. The highest BCUT2D eigenvalue weighted by atomic mass is 127. The maximum atomic E-state index is 12.6.